The number of H-pyrrole nitrogens is 1. The second-order valence-electron chi connectivity index (χ2n) is 9.06. The molecule has 0 bridgehead atoms. The molecule has 168 valence electrons. The fourth-order valence-electron chi connectivity index (χ4n) is 5.09. The molecule has 1 aliphatic rings. The fraction of sp³-hybridized carbons (Fsp3) is 0.407. The number of aliphatic hydroxyl groups excluding tert-OH is 1. The molecule has 0 aliphatic carbocycles. The second kappa shape index (κ2) is 9.26. The first-order valence-electron chi connectivity index (χ1n) is 11.7. The van der Waals surface area contributed by atoms with Crippen LogP contribution in [0.25, 0.3) is 21.0 Å². The molecule has 4 aromatic rings. The Morgan fingerprint density at radius 3 is 2.91 bits per heavy atom. The van der Waals surface area contributed by atoms with Crippen LogP contribution in [0.15, 0.2) is 54.7 Å². The third-order valence-corrected chi connectivity index (χ3v) is 8.16. The number of thiophene rings is 1. The van der Waals surface area contributed by atoms with E-state index in [1.807, 2.05) is 41.8 Å². The van der Waals surface area contributed by atoms with E-state index >= 15 is 0 Å². The lowest BCUT2D eigenvalue weighted by molar-refractivity contribution is 0.0408. The number of nitrogens with one attached hydrogen (secondary N) is 1. The number of hydrogen-bond donors (Lipinski definition) is 2. The maximum atomic E-state index is 10.7. The molecule has 3 atom stereocenters. The minimum Gasteiger partial charge on any atom is -0.490 e. The standard InChI is InChI=1S/C27H32N2O2S/c1-3-19-6-4-9-26-23(19)15-27(32-26)20-11-13-29(18(2)14-20)16-21(30)17-31-25-8-5-7-24-22(25)10-12-28-24/h4-10,12,15,18,20-21,28,30H,3,11,13-14,16-17H2,1-2H3/t18-,20-,21+/m1/s1. The Morgan fingerprint density at radius 1 is 1.19 bits per heavy atom. The van der Waals surface area contributed by atoms with E-state index in [0.29, 0.717) is 25.1 Å². The molecule has 5 heteroatoms. The summed E-state index contributed by atoms with van der Waals surface area (Å²) in [7, 11) is 0. The van der Waals surface area contributed by atoms with Gasteiger partial charge >= 0.3 is 0 Å². The van der Waals surface area contributed by atoms with E-state index in [9.17, 15) is 5.11 Å². The van der Waals surface area contributed by atoms with Gasteiger partial charge in [-0.05, 0) is 79.9 Å². The molecular formula is C27H32N2O2S. The summed E-state index contributed by atoms with van der Waals surface area (Å²) in [4.78, 5) is 7.15. The second-order valence-corrected chi connectivity index (χ2v) is 10.2. The largest absolute Gasteiger partial charge is 0.490 e. The number of hydrogen-bond acceptors (Lipinski definition) is 4. The Kier molecular flexibility index (Phi) is 6.22. The van der Waals surface area contributed by atoms with Gasteiger partial charge in [0.1, 0.15) is 18.5 Å². The van der Waals surface area contributed by atoms with Crippen LogP contribution in [0, 0.1) is 0 Å². The Balaban J connectivity index is 1.18. The Bertz CT molecular complexity index is 1200. The van der Waals surface area contributed by atoms with Crippen molar-refractivity contribution < 1.29 is 9.84 Å². The molecule has 1 fully saturated rings. The predicted octanol–water partition coefficient (Wildman–Crippen LogP) is 5.95. The molecule has 4 nitrogen and oxygen atoms in total. The number of nitrogens with zero attached hydrogens (tertiary/aromatic N) is 1. The van der Waals surface area contributed by atoms with Crippen molar-refractivity contribution in [2.75, 3.05) is 19.7 Å². The van der Waals surface area contributed by atoms with E-state index in [2.05, 4.69) is 48.0 Å². The van der Waals surface area contributed by atoms with Crippen molar-refractivity contribution in [2.24, 2.45) is 0 Å². The molecule has 2 N–H and O–H groups in total. The van der Waals surface area contributed by atoms with E-state index < -0.39 is 6.10 Å². The average molecular weight is 449 g/mol. The molecule has 0 saturated carbocycles. The third kappa shape index (κ3) is 4.29. The molecule has 5 rings (SSSR count). The molecule has 0 spiro atoms. The lowest BCUT2D eigenvalue weighted by Gasteiger charge is -2.38. The highest BCUT2D eigenvalue weighted by Crippen LogP contribution is 2.39. The lowest BCUT2D eigenvalue weighted by Crippen LogP contribution is -2.45. The van der Waals surface area contributed by atoms with Crippen LogP contribution in [0.2, 0.25) is 0 Å². The van der Waals surface area contributed by atoms with Gasteiger partial charge in [-0.15, -0.1) is 11.3 Å². The first-order chi connectivity index (χ1) is 15.6. The highest BCUT2D eigenvalue weighted by atomic mass is 32.1. The summed E-state index contributed by atoms with van der Waals surface area (Å²) in [5.74, 6) is 1.44. The van der Waals surface area contributed by atoms with Crippen LogP contribution in [0.5, 0.6) is 5.75 Å². The number of β-amino-alcohol motifs (C(OH)–C–C–N with tert-alkyl or cyclic N) is 1. The number of fused-ring (bicyclic) bond motifs is 2. The van der Waals surface area contributed by atoms with Crippen LogP contribution < -0.4 is 4.74 Å². The van der Waals surface area contributed by atoms with Gasteiger partial charge in [-0.2, -0.15) is 0 Å². The fourth-order valence-corrected chi connectivity index (χ4v) is 6.35. The average Bonchev–Trinajstić information content (AvgIpc) is 3.46. The van der Waals surface area contributed by atoms with Gasteiger partial charge in [-0.1, -0.05) is 25.1 Å². The number of benzene rings is 2. The molecule has 1 aliphatic heterocycles. The number of likely N-dealkylation sites (tertiary alicyclic amines) is 1. The van der Waals surface area contributed by atoms with Crippen LogP contribution in [0.3, 0.4) is 0 Å². The van der Waals surface area contributed by atoms with E-state index in [4.69, 9.17) is 4.74 Å². The molecule has 32 heavy (non-hydrogen) atoms. The van der Waals surface area contributed by atoms with Crippen molar-refractivity contribution in [2.45, 2.75) is 51.2 Å². The normalized spacial score (nSPS) is 20.7. The van der Waals surface area contributed by atoms with Gasteiger partial charge in [-0.3, -0.25) is 4.90 Å². The molecule has 2 aromatic heterocycles. The van der Waals surface area contributed by atoms with E-state index in [0.717, 1.165) is 42.5 Å². The summed E-state index contributed by atoms with van der Waals surface area (Å²) in [5.41, 5.74) is 2.51. The molecule has 3 heterocycles. The van der Waals surface area contributed by atoms with Gasteiger partial charge < -0.3 is 14.8 Å². The molecule has 0 unspecified atom stereocenters. The van der Waals surface area contributed by atoms with Crippen LogP contribution in [-0.2, 0) is 6.42 Å². The van der Waals surface area contributed by atoms with E-state index in [1.54, 1.807) is 0 Å². The summed E-state index contributed by atoms with van der Waals surface area (Å²) in [6.07, 6.45) is 4.79. The van der Waals surface area contributed by atoms with Crippen molar-refractivity contribution in [3.63, 3.8) is 0 Å². The summed E-state index contributed by atoms with van der Waals surface area (Å²) < 4.78 is 7.38. The Morgan fingerprint density at radius 2 is 2.06 bits per heavy atom. The number of aromatic amines is 1. The molecule has 2 aromatic carbocycles. The summed E-state index contributed by atoms with van der Waals surface area (Å²) in [6, 6.07) is 17.6. The van der Waals surface area contributed by atoms with Crippen molar-refractivity contribution in [1.29, 1.82) is 0 Å². The van der Waals surface area contributed by atoms with Gasteiger partial charge in [0.05, 0.1) is 0 Å². The van der Waals surface area contributed by atoms with Gasteiger partial charge in [0, 0.05) is 39.3 Å². The molecule has 0 radical (unpaired) electrons. The zero-order valence-corrected chi connectivity index (χ0v) is 19.7. The van der Waals surface area contributed by atoms with Gasteiger partial charge in [-0.25, -0.2) is 0 Å². The molecule has 1 saturated heterocycles. The first kappa shape index (κ1) is 21.5. The monoisotopic (exact) mass is 448 g/mol. The topological polar surface area (TPSA) is 48.5 Å². The number of piperidine rings is 1. The zero-order valence-electron chi connectivity index (χ0n) is 18.9. The number of aliphatic hydroxyl groups is 1. The highest BCUT2D eigenvalue weighted by molar-refractivity contribution is 7.19. The minimum atomic E-state index is -0.500. The Labute approximate surface area is 193 Å². The SMILES string of the molecule is CCc1cccc2sc([C@@H]3CCN(C[C@H](O)COc4cccc5[nH]ccc45)[C@H](C)C3)cc12. The Hall–Kier alpha value is -2.34. The van der Waals surface area contributed by atoms with Crippen molar-refractivity contribution >= 4 is 32.3 Å². The van der Waals surface area contributed by atoms with Crippen molar-refractivity contribution in [3.05, 3.63) is 65.2 Å². The maximum absolute atomic E-state index is 10.7. The van der Waals surface area contributed by atoms with Gasteiger partial charge in [0.15, 0.2) is 0 Å². The summed E-state index contributed by atoms with van der Waals surface area (Å²) in [5, 5.41) is 13.2. The zero-order chi connectivity index (χ0) is 22.1. The number of ether oxygens (including phenoxy) is 1. The lowest BCUT2D eigenvalue weighted by atomic mass is 9.89. The van der Waals surface area contributed by atoms with E-state index in [1.165, 1.54) is 20.5 Å². The van der Waals surface area contributed by atoms with Crippen molar-refractivity contribution in [3.8, 4) is 5.75 Å². The predicted molar refractivity (Wildman–Crippen MR) is 134 cm³/mol. The quantitative estimate of drug-likeness (QED) is 0.367. The first-order valence-corrected chi connectivity index (χ1v) is 12.6. The summed E-state index contributed by atoms with van der Waals surface area (Å²) >= 11 is 1.97. The smallest absolute Gasteiger partial charge is 0.128 e. The maximum Gasteiger partial charge on any atom is 0.128 e. The number of aryl methyl sites for hydroxylation is 1. The van der Waals surface area contributed by atoms with Gasteiger partial charge in [0.2, 0.25) is 0 Å². The number of aromatic nitrogens is 1. The van der Waals surface area contributed by atoms with Crippen LogP contribution in [-0.4, -0.2) is 46.8 Å². The van der Waals surface area contributed by atoms with Crippen LogP contribution in [0.1, 0.15) is 43.0 Å². The molecule has 0 amide bonds. The number of rotatable bonds is 7. The van der Waals surface area contributed by atoms with Crippen molar-refractivity contribution in [1.82, 2.24) is 9.88 Å². The van der Waals surface area contributed by atoms with Crippen LogP contribution >= 0.6 is 11.3 Å². The summed E-state index contributed by atoms with van der Waals surface area (Å²) in [6.45, 7) is 6.52. The van der Waals surface area contributed by atoms with Crippen LogP contribution in [0.4, 0.5) is 0 Å². The highest BCUT2D eigenvalue weighted by Gasteiger charge is 2.29. The van der Waals surface area contributed by atoms with E-state index in [-0.39, 0.29) is 0 Å². The minimum absolute atomic E-state index is 0.313. The molecular weight excluding hydrogens is 416 g/mol. The van der Waals surface area contributed by atoms with Gasteiger partial charge in [0.25, 0.3) is 0 Å². The third-order valence-electron chi connectivity index (χ3n) is 6.90.